The van der Waals surface area contributed by atoms with Crippen molar-refractivity contribution in [2.45, 2.75) is 38.9 Å². The molecule has 6 heteroatoms. The number of rotatable bonds is 4. The van der Waals surface area contributed by atoms with Crippen LogP contribution in [-0.2, 0) is 16.2 Å². The van der Waals surface area contributed by atoms with E-state index in [1.807, 2.05) is 0 Å². The van der Waals surface area contributed by atoms with E-state index < -0.39 is 6.10 Å². The quantitative estimate of drug-likeness (QED) is 0.610. The lowest BCUT2D eigenvalue weighted by atomic mass is 9.88. The normalized spacial score (nSPS) is 17.7. The molecule has 1 fully saturated rings. The standard InChI is InChI=1S/C15H19NO5/c1-8-2-10(7-17)15(21)11(3-8)12(18)4-9-5-13(19)16-14(20)6-9/h2-3,9,12,17-18,21H,4-7H2,1H3,(H,16,19,20). The molecule has 6 nitrogen and oxygen atoms in total. The average Bonchev–Trinajstić information content (AvgIpc) is 2.39. The van der Waals surface area contributed by atoms with E-state index in [0.717, 1.165) is 5.56 Å². The van der Waals surface area contributed by atoms with Gasteiger partial charge in [-0.15, -0.1) is 0 Å². The third kappa shape index (κ3) is 3.59. The molecule has 0 spiro atoms. The lowest BCUT2D eigenvalue weighted by Crippen LogP contribution is -2.38. The van der Waals surface area contributed by atoms with Crippen molar-refractivity contribution >= 4 is 11.8 Å². The molecule has 2 rings (SSSR count). The highest BCUT2D eigenvalue weighted by atomic mass is 16.3. The van der Waals surface area contributed by atoms with Gasteiger partial charge in [0.2, 0.25) is 11.8 Å². The number of amides is 2. The van der Waals surface area contributed by atoms with Gasteiger partial charge in [0.1, 0.15) is 5.75 Å². The van der Waals surface area contributed by atoms with Crippen LogP contribution in [0.1, 0.15) is 42.1 Å². The van der Waals surface area contributed by atoms with Gasteiger partial charge in [0, 0.05) is 24.0 Å². The van der Waals surface area contributed by atoms with Gasteiger partial charge in [-0.1, -0.05) is 11.6 Å². The fourth-order valence-electron chi connectivity index (χ4n) is 2.72. The molecular formula is C15H19NO5. The molecule has 114 valence electrons. The highest BCUT2D eigenvalue weighted by Crippen LogP contribution is 2.34. The summed E-state index contributed by atoms with van der Waals surface area (Å²) in [6.45, 7) is 1.48. The maximum absolute atomic E-state index is 11.3. The Bertz CT molecular complexity index is 553. The summed E-state index contributed by atoms with van der Waals surface area (Å²) in [5.74, 6) is -1.07. The minimum absolute atomic E-state index is 0.137. The summed E-state index contributed by atoms with van der Waals surface area (Å²) < 4.78 is 0. The van der Waals surface area contributed by atoms with Crippen LogP contribution in [0.25, 0.3) is 0 Å². The molecule has 0 aromatic heterocycles. The SMILES string of the molecule is Cc1cc(CO)c(O)c(C(O)CC2CC(=O)NC(=O)C2)c1. The first-order valence-electron chi connectivity index (χ1n) is 6.84. The molecule has 0 saturated carbocycles. The van der Waals surface area contributed by atoms with E-state index >= 15 is 0 Å². The number of hydrogen-bond acceptors (Lipinski definition) is 5. The first kappa shape index (κ1) is 15.5. The van der Waals surface area contributed by atoms with Crippen LogP contribution in [0.5, 0.6) is 5.75 Å². The van der Waals surface area contributed by atoms with Crippen LogP contribution in [0, 0.1) is 12.8 Å². The van der Waals surface area contributed by atoms with Crippen molar-refractivity contribution in [1.82, 2.24) is 5.32 Å². The number of benzene rings is 1. The lowest BCUT2D eigenvalue weighted by Gasteiger charge is -2.24. The molecule has 1 saturated heterocycles. The summed E-state index contributed by atoms with van der Waals surface area (Å²) in [5.41, 5.74) is 1.47. The summed E-state index contributed by atoms with van der Waals surface area (Å²) in [4.78, 5) is 22.7. The smallest absolute Gasteiger partial charge is 0.226 e. The van der Waals surface area contributed by atoms with Crippen LogP contribution in [-0.4, -0.2) is 27.1 Å². The third-order valence-electron chi connectivity index (χ3n) is 3.68. The topological polar surface area (TPSA) is 107 Å². The van der Waals surface area contributed by atoms with Gasteiger partial charge >= 0.3 is 0 Å². The Kier molecular flexibility index (Phi) is 4.59. The average molecular weight is 293 g/mol. The number of carbonyl (C=O) groups excluding carboxylic acids is 2. The number of aliphatic hydroxyl groups excluding tert-OH is 2. The minimum Gasteiger partial charge on any atom is -0.507 e. The Morgan fingerprint density at radius 2 is 1.90 bits per heavy atom. The van der Waals surface area contributed by atoms with E-state index in [1.165, 1.54) is 0 Å². The Hall–Kier alpha value is -1.92. The van der Waals surface area contributed by atoms with Crippen LogP contribution in [0.2, 0.25) is 0 Å². The van der Waals surface area contributed by atoms with Crippen LogP contribution >= 0.6 is 0 Å². The largest absolute Gasteiger partial charge is 0.507 e. The number of carbonyl (C=O) groups is 2. The van der Waals surface area contributed by atoms with Gasteiger partial charge in [-0.2, -0.15) is 0 Å². The van der Waals surface area contributed by atoms with Crippen LogP contribution in [0.4, 0.5) is 0 Å². The number of nitrogens with one attached hydrogen (secondary N) is 1. The predicted octanol–water partition coefficient (Wildman–Crippen LogP) is 0.669. The first-order chi connectivity index (χ1) is 9.90. The molecule has 1 aliphatic heterocycles. The molecule has 1 atom stereocenters. The third-order valence-corrected chi connectivity index (χ3v) is 3.68. The summed E-state index contributed by atoms with van der Waals surface area (Å²) in [7, 11) is 0. The predicted molar refractivity (Wildman–Crippen MR) is 74.2 cm³/mol. The Labute approximate surface area is 122 Å². The van der Waals surface area contributed by atoms with Gasteiger partial charge in [-0.25, -0.2) is 0 Å². The fraction of sp³-hybridized carbons (Fsp3) is 0.467. The summed E-state index contributed by atoms with van der Waals surface area (Å²) in [5, 5.41) is 31.8. The number of aryl methyl sites for hydroxylation is 1. The van der Waals surface area contributed by atoms with Crippen molar-refractivity contribution in [3.05, 3.63) is 28.8 Å². The van der Waals surface area contributed by atoms with Gasteiger partial charge in [0.25, 0.3) is 0 Å². The van der Waals surface area contributed by atoms with Gasteiger partial charge in [-0.05, 0) is 25.3 Å². The summed E-state index contributed by atoms with van der Waals surface area (Å²) in [6, 6.07) is 3.28. The zero-order valence-corrected chi connectivity index (χ0v) is 11.8. The molecule has 0 radical (unpaired) electrons. The van der Waals surface area contributed by atoms with E-state index in [2.05, 4.69) is 5.32 Å². The number of imide groups is 1. The molecular weight excluding hydrogens is 274 g/mol. The monoisotopic (exact) mass is 293 g/mol. The fourth-order valence-corrected chi connectivity index (χ4v) is 2.72. The zero-order chi connectivity index (χ0) is 15.6. The second kappa shape index (κ2) is 6.24. The van der Waals surface area contributed by atoms with Crippen LogP contribution in [0.15, 0.2) is 12.1 Å². The lowest BCUT2D eigenvalue weighted by molar-refractivity contribution is -0.135. The second-order valence-corrected chi connectivity index (χ2v) is 5.52. The summed E-state index contributed by atoms with van der Waals surface area (Å²) in [6.07, 6.45) is -0.412. The Morgan fingerprint density at radius 1 is 1.29 bits per heavy atom. The van der Waals surface area contributed by atoms with Crippen LogP contribution in [0.3, 0.4) is 0 Å². The molecule has 0 aliphatic carbocycles. The maximum Gasteiger partial charge on any atom is 0.226 e. The van der Waals surface area contributed by atoms with E-state index in [1.54, 1.807) is 19.1 Å². The van der Waals surface area contributed by atoms with E-state index in [4.69, 9.17) is 0 Å². The Morgan fingerprint density at radius 3 is 2.48 bits per heavy atom. The molecule has 1 aliphatic rings. The van der Waals surface area contributed by atoms with E-state index in [0.29, 0.717) is 11.1 Å². The molecule has 1 aromatic carbocycles. The first-order valence-corrected chi connectivity index (χ1v) is 6.84. The maximum atomic E-state index is 11.3. The summed E-state index contributed by atoms with van der Waals surface area (Å²) >= 11 is 0. The van der Waals surface area contributed by atoms with Crippen molar-refractivity contribution in [3.63, 3.8) is 0 Å². The molecule has 4 N–H and O–H groups in total. The van der Waals surface area contributed by atoms with E-state index in [9.17, 15) is 24.9 Å². The van der Waals surface area contributed by atoms with Crippen molar-refractivity contribution < 1.29 is 24.9 Å². The molecule has 1 unspecified atom stereocenters. The van der Waals surface area contributed by atoms with Crippen LogP contribution < -0.4 is 5.32 Å². The zero-order valence-electron chi connectivity index (χ0n) is 11.8. The second-order valence-electron chi connectivity index (χ2n) is 5.52. The highest BCUT2D eigenvalue weighted by Gasteiger charge is 2.28. The van der Waals surface area contributed by atoms with Crippen molar-refractivity contribution in [3.8, 4) is 5.75 Å². The number of aliphatic hydroxyl groups is 2. The number of phenols is 1. The minimum atomic E-state index is -0.987. The highest BCUT2D eigenvalue weighted by molar-refractivity contribution is 5.97. The van der Waals surface area contributed by atoms with Crippen molar-refractivity contribution in [2.24, 2.45) is 5.92 Å². The van der Waals surface area contributed by atoms with E-state index in [-0.39, 0.29) is 49.4 Å². The molecule has 2 amide bonds. The van der Waals surface area contributed by atoms with Gasteiger partial charge in [-0.3, -0.25) is 14.9 Å². The van der Waals surface area contributed by atoms with Crippen molar-refractivity contribution in [2.75, 3.05) is 0 Å². The van der Waals surface area contributed by atoms with Gasteiger partial charge in [0.15, 0.2) is 0 Å². The molecule has 0 bridgehead atoms. The van der Waals surface area contributed by atoms with Gasteiger partial charge in [0.05, 0.1) is 12.7 Å². The van der Waals surface area contributed by atoms with Crippen molar-refractivity contribution in [1.29, 1.82) is 0 Å². The number of hydrogen-bond donors (Lipinski definition) is 4. The Balaban J connectivity index is 2.16. The molecule has 21 heavy (non-hydrogen) atoms. The number of piperidine rings is 1. The molecule has 1 aromatic rings. The molecule has 1 heterocycles. The number of aromatic hydroxyl groups is 1. The van der Waals surface area contributed by atoms with Gasteiger partial charge < -0.3 is 15.3 Å².